The van der Waals surface area contributed by atoms with E-state index < -0.39 is 0 Å². The van der Waals surface area contributed by atoms with Crippen molar-refractivity contribution in [1.29, 1.82) is 0 Å². The number of para-hydroxylation sites is 1. The molecule has 0 aromatic heterocycles. The number of carbonyl (C=O) groups excluding carboxylic acids is 1. The zero-order valence-corrected chi connectivity index (χ0v) is 14.5. The number of hydrogen-bond acceptors (Lipinski definition) is 3. The Morgan fingerprint density at radius 1 is 1.13 bits per heavy atom. The molecule has 3 nitrogen and oxygen atoms in total. The van der Waals surface area contributed by atoms with E-state index in [1.165, 1.54) is 4.90 Å². The molecule has 0 aliphatic heterocycles. The lowest BCUT2D eigenvalue weighted by molar-refractivity contribution is 0.0946. The fourth-order valence-electron chi connectivity index (χ4n) is 2.13. The summed E-state index contributed by atoms with van der Waals surface area (Å²) in [6.07, 6.45) is 4.10. The first-order valence-electron chi connectivity index (χ1n) is 7.87. The van der Waals surface area contributed by atoms with Crippen LogP contribution in [0.4, 0.5) is 0 Å². The second-order valence-corrected chi connectivity index (χ2v) is 6.11. The van der Waals surface area contributed by atoms with Gasteiger partial charge in [-0.25, -0.2) is 0 Å². The highest BCUT2D eigenvalue weighted by Crippen LogP contribution is 2.19. The van der Waals surface area contributed by atoms with Gasteiger partial charge in [-0.15, -0.1) is 11.8 Å². The number of thioether (sulfide) groups is 1. The van der Waals surface area contributed by atoms with Crippen molar-refractivity contribution in [2.75, 3.05) is 12.9 Å². The largest absolute Gasteiger partial charge is 0.493 e. The van der Waals surface area contributed by atoms with Crippen molar-refractivity contribution in [2.45, 2.75) is 31.2 Å². The summed E-state index contributed by atoms with van der Waals surface area (Å²) in [4.78, 5) is 13.6. The van der Waals surface area contributed by atoms with Gasteiger partial charge in [0.25, 0.3) is 5.91 Å². The Morgan fingerprint density at radius 2 is 1.87 bits per heavy atom. The van der Waals surface area contributed by atoms with E-state index in [9.17, 15) is 4.79 Å². The summed E-state index contributed by atoms with van der Waals surface area (Å²) in [7, 11) is 0. The molecule has 23 heavy (non-hydrogen) atoms. The second kappa shape index (κ2) is 9.26. The van der Waals surface area contributed by atoms with E-state index in [1.807, 2.05) is 36.6 Å². The number of rotatable bonds is 8. The Bertz CT molecular complexity index is 626. The molecule has 0 saturated heterocycles. The van der Waals surface area contributed by atoms with Crippen molar-refractivity contribution in [1.82, 2.24) is 5.32 Å². The first kappa shape index (κ1) is 17.4. The van der Waals surface area contributed by atoms with Gasteiger partial charge < -0.3 is 10.1 Å². The van der Waals surface area contributed by atoms with E-state index in [0.29, 0.717) is 24.5 Å². The van der Waals surface area contributed by atoms with E-state index in [0.717, 1.165) is 18.4 Å². The Balaban J connectivity index is 1.96. The van der Waals surface area contributed by atoms with Gasteiger partial charge in [0, 0.05) is 11.4 Å². The van der Waals surface area contributed by atoms with E-state index in [1.54, 1.807) is 17.8 Å². The van der Waals surface area contributed by atoms with Gasteiger partial charge in [0.05, 0.1) is 12.2 Å². The first-order chi connectivity index (χ1) is 11.2. The van der Waals surface area contributed by atoms with Gasteiger partial charge in [-0.1, -0.05) is 37.6 Å². The zero-order chi connectivity index (χ0) is 16.5. The van der Waals surface area contributed by atoms with Crippen molar-refractivity contribution < 1.29 is 9.53 Å². The van der Waals surface area contributed by atoms with Crippen LogP contribution in [0.2, 0.25) is 0 Å². The molecule has 2 aromatic rings. The lowest BCUT2D eigenvalue weighted by atomic mass is 10.1. The third-order valence-electron chi connectivity index (χ3n) is 3.50. The first-order valence-corrected chi connectivity index (χ1v) is 9.10. The molecule has 122 valence electrons. The Hall–Kier alpha value is -1.94. The number of unbranched alkanes of at least 4 members (excludes halogenated alkanes) is 1. The van der Waals surface area contributed by atoms with E-state index in [2.05, 4.69) is 24.4 Å². The van der Waals surface area contributed by atoms with Crippen LogP contribution in [0.25, 0.3) is 0 Å². The van der Waals surface area contributed by atoms with Crippen LogP contribution >= 0.6 is 11.8 Å². The summed E-state index contributed by atoms with van der Waals surface area (Å²) in [5.41, 5.74) is 1.67. The topological polar surface area (TPSA) is 38.3 Å². The quantitative estimate of drug-likeness (QED) is 0.572. The Labute approximate surface area is 142 Å². The number of hydrogen-bond donors (Lipinski definition) is 1. The number of nitrogens with one attached hydrogen (secondary N) is 1. The average Bonchev–Trinajstić information content (AvgIpc) is 2.61. The summed E-state index contributed by atoms with van der Waals surface area (Å²) >= 11 is 1.71. The van der Waals surface area contributed by atoms with Crippen molar-refractivity contribution >= 4 is 17.7 Å². The van der Waals surface area contributed by atoms with Gasteiger partial charge in [-0.3, -0.25) is 4.79 Å². The molecule has 0 fully saturated rings. The van der Waals surface area contributed by atoms with Gasteiger partial charge >= 0.3 is 0 Å². The van der Waals surface area contributed by atoms with Crippen molar-refractivity contribution in [3.63, 3.8) is 0 Å². The maximum absolute atomic E-state index is 12.4. The highest BCUT2D eigenvalue weighted by atomic mass is 32.2. The molecule has 1 amide bonds. The van der Waals surface area contributed by atoms with Gasteiger partial charge in [-0.05, 0) is 42.5 Å². The van der Waals surface area contributed by atoms with Crippen LogP contribution in [-0.4, -0.2) is 18.8 Å². The summed E-state index contributed by atoms with van der Waals surface area (Å²) in [6, 6.07) is 15.6. The highest BCUT2D eigenvalue weighted by Gasteiger charge is 2.11. The molecule has 0 aliphatic carbocycles. The van der Waals surface area contributed by atoms with Crippen molar-refractivity contribution in [3.05, 3.63) is 59.7 Å². The third kappa shape index (κ3) is 5.32. The summed E-state index contributed by atoms with van der Waals surface area (Å²) in [5, 5.41) is 2.96. The van der Waals surface area contributed by atoms with Gasteiger partial charge in [0.2, 0.25) is 0 Å². The minimum atomic E-state index is -0.106. The maximum atomic E-state index is 12.4. The minimum Gasteiger partial charge on any atom is -0.493 e. The molecule has 4 heteroatoms. The molecule has 2 rings (SSSR count). The zero-order valence-electron chi connectivity index (χ0n) is 13.7. The predicted octanol–water partition coefficient (Wildman–Crippen LogP) is 4.52. The molecule has 0 bridgehead atoms. The fourth-order valence-corrected chi connectivity index (χ4v) is 2.54. The summed E-state index contributed by atoms with van der Waals surface area (Å²) < 4.78 is 5.72. The van der Waals surface area contributed by atoms with Crippen LogP contribution < -0.4 is 10.1 Å². The summed E-state index contributed by atoms with van der Waals surface area (Å²) in [5.74, 6) is 0.544. The molecule has 0 radical (unpaired) electrons. The second-order valence-electron chi connectivity index (χ2n) is 5.23. The molecule has 0 unspecified atom stereocenters. The van der Waals surface area contributed by atoms with Crippen LogP contribution in [0.5, 0.6) is 5.75 Å². The van der Waals surface area contributed by atoms with Crippen LogP contribution in [-0.2, 0) is 6.54 Å². The van der Waals surface area contributed by atoms with Crippen molar-refractivity contribution in [3.8, 4) is 5.75 Å². The molecule has 1 N–H and O–H groups in total. The average molecular weight is 329 g/mol. The smallest absolute Gasteiger partial charge is 0.255 e. The van der Waals surface area contributed by atoms with Crippen LogP contribution in [0.1, 0.15) is 35.7 Å². The number of ether oxygens (including phenoxy) is 1. The van der Waals surface area contributed by atoms with Gasteiger partial charge in [0.1, 0.15) is 5.75 Å². The van der Waals surface area contributed by atoms with Crippen LogP contribution in [0.3, 0.4) is 0 Å². The van der Waals surface area contributed by atoms with E-state index in [4.69, 9.17) is 4.74 Å². The van der Waals surface area contributed by atoms with Crippen molar-refractivity contribution in [2.24, 2.45) is 0 Å². The van der Waals surface area contributed by atoms with Crippen LogP contribution in [0.15, 0.2) is 53.4 Å². The molecule has 0 atom stereocenters. The standard InChI is InChI=1S/C19H23NO2S/c1-3-4-13-22-18-8-6-5-7-17(18)19(21)20-14-15-9-11-16(23-2)12-10-15/h5-12H,3-4,13-14H2,1-2H3,(H,20,21). The Morgan fingerprint density at radius 3 is 2.57 bits per heavy atom. The molecular weight excluding hydrogens is 306 g/mol. The molecule has 0 spiro atoms. The lowest BCUT2D eigenvalue weighted by Crippen LogP contribution is -2.23. The maximum Gasteiger partial charge on any atom is 0.255 e. The predicted molar refractivity (Wildman–Crippen MR) is 96.2 cm³/mol. The Kier molecular flexibility index (Phi) is 7.01. The molecule has 0 saturated carbocycles. The molecule has 2 aromatic carbocycles. The number of benzene rings is 2. The third-order valence-corrected chi connectivity index (χ3v) is 4.24. The minimum absolute atomic E-state index is 0.106. The van der Waals surface area contributed by atoms with E-state index in [-0.39, 0.29) is 5.91 Å². The van der Waals surface area contributed by atoms with E-state index >= 15 is 0 Å². The SMILES string of the molecule is CCCCOc1ccccc1C(=O)NCc1ccc(SC)cc1. The van der Waals surface area contributed by atoms with Gasteiger partial charge in [-0.2, -0.15) is 0 Å². The number of amides is 1. The molecular formula is C19H23NO2S. The normalized spacial score (nSPS) is 10.3. The monoisotopic (exact) mass is 329 g/mol. The van der Waals surface area contributed by atoms with Gasteiger partial charge in [0.15, 0.2) is 0 Å². The van der Waals surface area contributed by atoms with Crippen LogP contribution in [0, 0.1) is 0 Å². The highest BCUT2D eigenvalue weighted by molar-refractivity contribution is 7.98. The lowest BCUT2D eigenvalue weighted by Gasteiger charge is -2.11. The fraction of sp³-hybridized carbons (Fsp3) is 0.316. The molecule has 0 heterocycles. The summed E-state index contributed by atoms with van der Waals surface area (Å²) in [6.45, 7) is 3.26. The molecule has 0 aliphatic rings. The number of carbonyl (C=O) groups is 1.